The molecule has 0 radical (unpaired) electrons. The molecule has 1 unspecified atom stereocenters. The van der Waals surface area contributed by atoms with Gasteiger partial charge in [0.1, 0.15) is 6.29 Å². The van der Waals surface area contributed by atoms with Gasteiger partial charge in [0.15, 0.2) is 5.78 Å². The zero-order valence-electron chi connectivity index (χ0n) is 12.5. The SMILES string of the molecule is CC(C)(C)c1ccc(C(=O)C(C=O)C2CC2)c([N+](=O)[O-])c1. The second-order valence-corrected chi connectivity index (χ2v) is 6.60. The molecule has 0 N–H and O–H groups in total. The average Bonchev–Trinajstić information content (AvgIpc) is 3.22. The molecular formula is C16H19NO4. The van der Waals surface area contributed by atoms with Gasteiger partial charge in [0, 0.05) is 6.07 Å². The van der Waals surface area contributed by atoms with Crippen molar-refractivity contribution in [1.29, 1.82) is 0 Å². The maximum atomic E-state index is 12.4. The molecule has 0 amide bonds. The van der Waals surface area contributed by atoms with E-state index < -0.39 is 16.6 Å². The van der Waals surface area contributed by atoms with Gasteiger partial charge in [-0.05, 0) is 35.8 Å². The highest BCUT2D eigenvalue weighted by atomic mass is 16.6. The predicted octanol–water partition coefficient (Wildman–Crippen LogP) is 3.30. The summed E-state index contributed by atoms with van der Waals surface area (Å²) in [6, 6.07) is 4.66. The molecule has 1 saturated carbocycles. The number of nitro groups is 1. The quantitative estimate of drug-likeness (QED) is 0.274. The van der Waals surface area contributed by atoms with Gasteiger partial charge in [-0.1, -0.05) is 26.8 Å². The molecule has 1 fully saturated rings. The fraction of sp³-hybridized carbons (Fsp3) is 0.500. The van der Waals surface area contributed by atoms with Crippen LogP contribution < -0.4 is 0 Å². The highest BCUT2D eigenvalue weighted by Crippen LogP contribution is 2.39. The molecule has 0 aromatic heterocycles. The molecule has 1 atom stereocenters. The molecule has 1 aromatic rings. The van der Waals surface area contributed by atoms with Crippen molar-refractivity contribution in [3.8, 4) is 0 Å². The number of benzene rings is 1. The predicted molar refractivity (Wildman–Crippen MR) is 78.4 cm³/mol. The number of aldehydes is 1. The number of hydrogen-bond acceptors (Lipinski definition) is 4. The van der Waals surface area contributed by atoms with Crippen LogP contribution >= 0.6 is 0 Å². The Hall–Kier alpha value is -2.04. The van der Waals surface area contributed by atoms with Crippen LogP contribution in [0.2, 0.25) is 0 Å². The van der Waals surface area contributed by atoms with Crippen molar-refractivity contribution < 1.29 is 14.5 Å². The highest BCUT2D eigenvalue weighted by Gasteiger charge is 2.38. The van der Waals surface area contributed by atoms with Gasteiger partial charge in [-0.3, -0.25) is 14.9 Å². The zero-order chi connectivity index (χ0) is 15.8. The second-order valence-electron chi connectivity index (χ2n) is 6.60. The summed E-state index contributed by atoms with van der Waals surface area (Å²) in [5.41, 5.74) is 0.379. The molecule has 21 heavy (non-hydrogen) atoms. The monoisotopic (exact) mass is 289 g/mol. The van der Waals surface area contributed by atoms with Crippen LogP contribution in [0, 0.1) is 22.0 Å². The first-order valence-corrected chi connectivity index (χ1v) is 7.04. The summed E-state index contributed by atoms with van der Waals surface area (Å²) < 4.78 is 0. The van der Waals surface area contributed by atoms with Crippen LogP contribution in [0.5, 0.6) is 0 Å². The molecule has 2 rings (SSSR count). The third-order valence-corrected chi connectivity index (χ3v) is 3.91. The molecule has 0 heterocycles. The Morgan fingerprint density at radius 3 is 2.43 bits per heavy atom. The first kappa shape index (κ1) is 15.4. The number of carbonyl (C=O) groups excluding carboxylic acids is 2. The molecule has 0 bridgehead atoms. The van der Waals surface area contributed by atoms with Gasteiger partial charge in [-0.25, -0.2) is 0 Å². The molecule has 0 aliphatic heterocycles. The number of nitrogens with zero attached hydrogens (tertiary/aromatic N) is 1. The minimum atomic E-state index is -0.746. The molecule has 112 valence electrons. The third-order valence-electron chi connectivity index (χ3n) is 3.91. The molecule has 1 aliphatic carbocycles. The summed E-state index contributed by atoms with van der Waals surface area (Å²) in [6.45, 7) is 5.85. The highest BCUT2D eigenvalue weighted by molar-refractivity contribution is 6.08. The van der Waals surface area contributed by atoms with E-state index in [9.17, 15) is 19.7 Å². The topological polar surface area (TPSA) is 77.3 Å². The van der Waals surface area contributed by atoms with Crippen LogP contribution in [-0.4, -0.2) is 17.0 Å². The number of hydrogen-bond donors (Lipinski definition) is 0. The van der Waals surface area contributed by atoms with Crippen LogP contribution in [0.25, 0.3) is 0 Å². The number of ketones is 1. The fourth-order valence-electron chi connectivity index (χ4n) is 2.38. The summed E-state index contributed by atoms with van der Waals surface area (Å²) >= 11 is 0. The van der Waals surface area contributed by atoms with E-state index in [1.165, 1.54) is 12.1 Å². The van der Waals surface area contributed by atoms with Crippen molar-refractivity contribution in [3.63, 3.8) is 0 Å². The summed E-state index contributed by atoms with van der Waals surface area (Å²) in [5.74, 6) is -1.12. The number of carbonyl (C=O) groups is 2. The molecular weight excluding hydrogens is 270 g/mol. The third kappa shape index (κ3) is 3.17. The zero-order valence-corrected chi connectivity index (χ0v) is 12.5. The van der Waals surface area contributed by atoms with E-state index in [0.29, 0.717) is 6.29 Å². The van der Waals surface area contributed by atoms with E-state index >= 15 is 0 Å². The van der Waals surface area contributed by atoms with Crippen LogP contribution in [0.1, 0.15) is 49.5 Å². The standard InChI is InChI=1S/C16H19NO4/c1-16(2,3)11-6-7-12(14(8-11)17(20)21)15(19)13(9-18)10-4-5-10/h6-10,13H,4-5H2,1-3H3. The number of nitro benzene ring substituents is 1. The number of rotatable bonds is 5. The Bertz CT molecular complexity index is 597. The smallest absolute Gasteiger partial charge is 0.280 e. The van der Waals surface area contributed by atoms with Crippen molar-refractivity contribution in [2.75, 3.05) is 0 Å². The molecule has 5 heteroatoms. The number of Topliss-reactive ketones (excluding diaryl/α,β-unsaturated/α-hetero) is 1. The molecule has 1 aliphatic rings. The van der Waals surface area contributed by atoms with Crippen LogP contribution in [0.15, 0.2) is 18.2 Å². The molecule has 5 nitrogen and oxygen atoms in total. The van der Waals surface area contributed by atoms with Gasteiger partial charge in [0.25, 0.3) is 5.69 Å². The van der Waals surface area contributed by atoms with E-state index in [1.54, 1.807) is 6.07 Å². The van der Waals surface area contributed by atoms with E-state index in [1.807, 2.05) is 20.8 Å². The van der Waals surface area contributed by atoms with Crippen molar-refractivity contribution in [2.45, 2.75) is 39.0 Å². The molecule has 1 aromatic carbocycles. The maximum Gasteiger partial charge on any atom is 0.280 e. The van der Waals surface area contributed by atoms with Crippen LogP contribution in [-0.2, 0) is 10.2 Å². The van der Waals surface area contributed by atoms with Crippen molar-refractivity contribution in [1.82, 2.24) is 0 Å². The molecule has 0 saturated heterocycles. The minimum absolute atomic E-state index is 0.0389. The summed E-state index contributed by atoms with van der Waals surface area (Å²) in [6.07, 6.45) is 2.30. The Kier molecular flexibility index (Phi) is 3.94. The van der Waals surface area contributed by atoms with E-state index in [0.717, 1.165) is 18.4 Å². The Labute approximate surface area is 123 Å². The maximum absolute atomic E-state index is 12.4. The normalized spacial score (nSPS) is 16.3. The van der Waals surface area contributed by atoms with Gasteiger partial charge in [0.05, 0.1) is 16.4 Å². The van der Waals surface area contributed by atoms with E-state index in [4.69, 9.17) is 0 Å². The second kappa shape index (κ2) is 5.39. The lowest BCUT2D eigenvalue weighted by Crippen LogP contribution is -2.20. The summed E-state index contributed by atoms with van der Waals surface area (Å²) in [5, 5.41) is 11.3. The largest absolute Gasteiger partial charge is 0.303 e. The van der Waals surface area contributed by atoms with Gasteiger partial charge >= 0.3 is 0 Å². The van der Waals surface area contributed by atoms with Gasteiger partial charge in [-0.2, -0.15) is 0 Å². The Morgan fingerprint density at radius 1 is 1.38 bits per heavy atom. The van der Waals surface area contributed by atoms with Gasteiger partial charge in [0.2, 0.25) is 0 Å². The van der Waals surface area contributed by atoms with Crippen LogP contribution in [0.3, 0.4) is 0 Å². The summed E-state index contributed by atoms with van der Waals surface area (Å²) in [7, 11) is 0. The Balaban J connectivity index is 2.45. The van der Waals surface area contributed by atoms with Gasteiger partial charge in [-0.15, -0.1) is 0 Å². The van der Waals surface area contributed by atoms with Crippen molar-refractivity contribution >= 4 is 17.8 Å². The summed E-state index contributed by atoms with van der Waals surface area (Å²) in [4.78, 5) is 34.2. The first-order valence-electron chi connectivity index (χ1n) is 7.04. The average molecular weight is 289 g/mol. The van der Waals surface area contributed by atoms with Crippen molar-refractivity contribution in [2.24, 2.45) is 11.8 Å². The fourth-order valence-corrected chi connectivity index (χ4v) is 2.38. The Morgan fingerprint density at radius 2 is 2.00 bits per heavy atom. The minimum Gasteiger partial charge on any atom is -0.303 e. The lowest BCUT2D eigenvalue weighted by Gasteiger charge is -2.19. The van der Waals surface area contributed by atoms with Crippen molar-refractivity contribution in [3.05, 3.63) is 39.4 Å². The lowest BCUT2D eigenvalue weighted by molar-refractivity contribution is -0.385. The van der Waals surface area contributed by atoms with Gasteiger partial charge < -0.3 is 4.79 Å². The first-order chi connectivity index (χ1) is 9.75. The van der Waals surface area contributed by atoms with Crippen LogP contribution in [0.4, 0.5) is 5.69 Å². The van der Waals surface area contributed by atoms with E-state index in [-0.39, 0.29) is 22.6 Å². The van der Waals surface area contributed by atoms with E-state index in [2.05, 4.69) is 0 Å². The molecule has 0 spiro atoms. The lowest BCUT2D eigenvalue weighted by atomic mass is 9.84.